The Morgan fingerprint density at radius 1 is 1.03 bits per heavy atom. The van der Waals surface area contributed by atoms with Gasteiger partial charge in [-0.15, -0.1) is 11.8 Å². The molecule has 0 saturated carbocycles. The Labute approximate surface area is 190 Å². The standard InChI is InChI=1S/C27H28O3S/c1-23(28)30-27(24-16-8-5-9-17-24)25(15-7-3-4-13-21-29-2)18-12-14-22-31-26-19-10-6-11-20-26/h5-6,8-11,16-20,27H,3-4,13,21-22H2,1-2H3/b25-18+. The van der Waals surface area contributed by atoms with Crippen molar-refractivity contribution < 1.29 is 14.3 Å². The molecule has 0 radical (unpaired) electrons. The van der Waals surface area contributed by atoms with Crippen LogP contribution in [0.1, 0.15) is 37.9 Å². The van der Waals surface area contributed by atoms with Gasteiger partial charge in [0.2, 0.25) is 0 Å². The number of ether oxygens (including phenoxy) is 2. The highest BCUT2D eigenvalue weighted by atomic mass is 32.2. The summed E-state index contributed by atoms with van der Waals surface area (Å²) in [7, 11) is 1.70. The number of hydrogen-bond donors (Lipinski definition) is 0. The second-order valence-corrected chi connectivity index (χ2v) is 7.72. The number of unbranched alkanes of at least 4 members (excludes halogenated alkanes) is 2. The summed E-state index contributed by atoms with van der Waals surface area (Å²) in [6.45, 7) is 2.14. The summed E-state index contributed by atoms with van der Waals surface area (Å²) < 4.78 is 10.7. The van der Waals surface area contributed by atoms with Crippen molar-refractivity contribution >= 4 is 17.7 Å². The molecule has 0 aromatic heterocycles. The normalized spacial score (nSPS) is 11.5. The Morgan fingerprint density at radius 2 is 1.74 bits per heavy atom. The second kappa shape index (κ2) is 15.0. The molecule has 0 amide bonds. The van der Waals surface area contributed by atoms with Gasteiger partial charge in [0.15, 0.2) is 6.10 Å². The first-order chi connectivity index (χ1) is 15.2. The lowest BCUT2D eigenvalue weighted by atomic mass is 10.0. The van der Waals surface area contributed by atoms with E-state index in [1.165, 1.54) is 11.8 Å². The zero-order valence-corrected chi connectivity index (χ0v) is 18.9. The quantitative estimate of drug-likeness (QED) is 0.216. The highest BCUT2D eigenvalue weighted by molar-refractivity contribution is 7.99. The van der Waals surface area contributed by atoms with E-state index in [4.69, 9.17) is 9.47 Å². The molecular weight excluding hydrogens is 404 g/mol. The summed E-state index contributed by atoms with van der Waals surface area (Å²) in [4.78, 5) is 12.9. The summed E-state index contributed by atoms with van der Waals surface area (Å²) in [5, 5.41) is 0. The van der Waals surface area contributed by atoms with Gasteiger partial charge >= 0.3 is 5.97 Å². The predicted octanol–water partition coefficient (Wildman–Crippen LogP) is 5.83. The number of allylic oxidation sites excluding steroid dienone is 1. The van der Waals surface area contributed by atoms with E-state index in [1.54, 1.807) is 24.9 Å². The van der Waals surface area contributed by atoms with E-state index in [-0.39, 0.29) is 5.97 Å². The van der Waals surface area contributed by atoms with E-state index >= 15 is 0 Å². The van der Waals surface area contributed by atoms with E-state index in [2.05, 4.69) is 35.8 Å². The van der Waals surface area contributed by atoms with Crippen LogP contribution in [0, 0.1) is 23.7 Å². The summed E-state index contributed by atoms with van der Waals surface area (Å²) in [5.41, 5.74) is 1.56. The minimum atomic E-state index is -0.568. The number of methoxy groups -OCH3 is 1. The number of carbonyl (C=O) groups is 1. The first-order valence-electron chi connectivity index (χ1n) is 10.3. The van der Waals surface area contributed by atoms with Crippen molar-refractivity contribution in [2.45, 2.75) is 37.2 Å². The molecule has 0 saturated heterocycles. The van der Waals surface area contributed by atoms with Crippen molar-refractivity contribution in [2.24, 2.45) is 0 Å². The van der Waals surface area contributed by atoms with Gasteiger partial charge in [-0.05, 0) is 30.5 Å². The van der Waals surface area contributed by atoms with Crippen molar-refractivity contribution in [3.63, 3.8) is 0 Å². The summed E-state index contributed by atoms with van der Waals surface area (Å²) in [6, 6.07) is 19.8. The van der Waals surface area contributed by atoms with Gasteiger partial charge < -0.3 is 9.47 Å². The molecule has 1 unspecified atom stereocenters. The van der Waals surface area contributed by atoms with Crippen LogP contribution >= 0.6 is 11.8 Å². The molecule has 2 rings (SSSR count). The van der Waals surface area contributed by atoms with E-state index in [0.29, 0.717) is 11.3 Å². The molecule has 1 atom stereocenters. The van der Waals surface area contributed by atoms with Crippen LogP contribution in [0.15, 0.2) is 77.2 Å². The molecule has 0 aliphatic rings. The van der Waals surface area contributed by atoms with Crippen molar-refractivity contribution in [3.8, 4) is 23.7 Å². The lowest BCUT2D eigenvalue weighted by Gasteiger charge is -2.17. The number of esters is 1. The van der Waals surface area contributed by atoms with Gasteiger partial charge in [0.25, 0.3) is 0 Å². The van der Waals surface area contributed by atoms with Gasteiger partial charge in [-0.1, -0.05) is 72.2 Å². The van der Waals surface area contributed by atoms with Gasteiger partial charge in [-0.2, -0.15) is 0 Å². The van der Waals surface area contributed by atoms with Crippen LogP contribution in [-0.2, 0) is 14.3 Å². The first kappa shape index (κ1) is 24.4. The third kappa shape index (κ3) is 10.1. The summed E-state index contributed by atoms with van der Waals surface area (Å²) in [5.74, 6) is 13.0. The zero-order valence-electron chi connectivity index (χ0n) is 18.1. The third-order valence-electron chi connectivity index (χ3n) is 4.19. The fraction of sp³-hybridized carbons (Fsp3) is 0.296. The van der Waals surface area contributed by atoms with Crippen LogP contribution in [0.4, 0.5) is 0 Å². The number of carbonyl (C=O) groups excluding carboxylic acids is 1. The van der Waals surface area contributed by atoms with Crippen molar-refractivity contribution in [2.75, 3.05) is 19.5 Å². The van der Waals surface area contributed by atoms with Gasteiger partial charge in [0.05, 0.1) is 11.3 Å². The van der Waals surface area contributed by atoms with E-state index < -0.39 is 6.10 Å². The minimum absolute atomic E-state index is 0.353. The molecule has 3 nitrogen and oxygen atoms in total. The Morgan fingerprint density at radius 3 is 2.42 bits per heavy atom. The monoisotopic (exact) mass is 432 g/mol. The topological polar surface area (TPSA) is 35.5 Å². The Balaban J connectivity index is 2.17. The largest absolute Gasteiger partial charge is 0.452 e. The molecule has 0 spiro atoms. The molecule has 4 heteroatoms. The molecule has 0 N–H and O–H groups in total. The lowest BCUT2D eigenvalue weighted by Crippen LogP contribution is -2.10. The molecule has 2 aromatic carbocycles. The average Bonchev–Trinajstić information content (AvgIpc) is 2.79. The lowest BCUT2D eigenvalue weighted by molar-refractivity contribution is -0.144. The van der Waals surface area contributed by atoms with Crippen molar-refractivity contribution in [1.29, 1.82) is 0 Å². The van der Waals surface area contributed by atoms with Gasteiger partial charge in [0, 0.05) is 38.0 Å². The average molecular weight is 433 g/mol. The van der Waals surface area contributed by atoms with Crippen LogP contribution in [-0.4, -0.2) is 25.4 Å². The van der Waals surface area contributed by atoms with Crippen LogP contribution < -0.4 is 0 Å². The van der Waals surface area contributed by atoms with E-state index in [9.17, 15) is 4.79 Å². The van der Waals surface area contributed by atoms with E-state index in [0.717, 1.165) is 31.4 Å². The Hall–Kier alpha value is -2.92. The fourth-order valence-electron chi connectivity index (χ4n) is 2.71. The molecular formula is C27H28O3S. The Kier molecular flexibility index (Phi) is 11.8. The maximum atomic E-state index is 11.8. The first-order valence-corrected chi connectivity index (χ1v) is 11.3. The smallest absolute Gasteiger partial charge is 0.303 e. The van der Waals surface area contributed by atoms with Gasteiger partial charge in [-0.25, -0.2) is 0 Å². The zero-order chi connectivity index (χ0) is 22.2. The van der Waals surface area contributed by atoms with Crippen LogP contribution in [0.3, 0.4) is 0 Å². The van der Waals surface area contributed by atoms with Crippen LogP contribution in [0.25, 0.3) is 0 Å². The molecule has 0 aliphatic carbocycles. The number of thioether (sulfide) groups is 1. The number of benzene rings is 2. The minimum Gasteiger partial charge on any atom is -0.452 e. The summed E-state index contributed by atoms with van der Waals surface area (Å²) >= 11 is 1.68. The maximum absolute atomic E-state index is 11.8. The molecule has 0 fully saturated rings. The highest BCUT2D eigenvalue weighted by Crippen LogP contribution is 2.25. The third-order valence-corrected chi connectivity index (χ3v) is 5.08. The second-order valence-electron chi connectivity index (χ2n) is 6.67. The van der Waals surface area contributed by atoms with Crippen LogP contribution in [0.5, 0.6) is 0 Å². The molecule has 0 bridgehead atoms. The van der Waals surface area contributed by atoms with Crippen LogP contribution in [0.2, 0.25) is 0 Å². The van der Waals surface area contributed by atoms with Gasteiger partial charge in [-0.3, -0.25) is 4.79 Å². The molecule has 0 heterocycles. The summed E-state index contributed by atoms with van der Waals surface area (Å²) in [6.07, 6.45) is 3.87. The van der Waals surface area contributed by atoms with Crippen molar-refractivity contribution in [3.05, 3.63) is 77.9 Å². The maximum Gasteiger partial charge on any atom is 0.303 e. The highest BCUT2D eigenvalue weighted by Gasteiger charge is 2.18. The molecule has 2 aromatic rings. The molecule has 160 valence electrons. The van der Waals surface area contributed by atoms with E-state index in [1.807, 2.05) is 48.5 Å². The number of rotatable bonds is 9. The SMILES string of the molecule is COCCCCC#C/C(=C\C#CCSc1ccccc1)C(OC(C)=O)c1ccccc1. The Bertz CT molecular complexity index is 944. The molecule has 0 aliphatic heterocycles. The predicted molar refractivity (Wildman–Crippen MR) is 127 cm³/mol. The van der Waals surface area contributed by atoms with Crippen molar-refractivity contribution in [1.82, 2.24) is 0 Å². The molecule has 31 heavy (non-hydrogen) atoms. The number of hydrogen-bond acceptors (Lipinski definition) is 4. The van der Waals surface area contributed by atoms with Gasteiger partial charge in [0.1, 0.15) is 0 Å². The fourth-order valence-corrected chi connectivity index (χ4v) is 3.38.